The number of benzene rings is 2. The van der Waals surface area contributed by atoms with Crippen LogP contribution >= 0.6 is 0 Å². The molecule has 4 N–H and O–H groups in total. The van der Waals surface area contributed by atoms with Crippen molar-refractivity contribution in [1.29, 1.82) is 0 Å². The summed E-state index contributed by atoms with van der Waals surface area (Å²) in [6, 6.07) is 9.49. The SMILES string of the molecule is NC(=O)NNCc1ccc(Oc2ccc(F)c(F)c2)cc1. The molecule has 0 atom stereocenters. The van der Waals surface area contributed by atoms with Gasteiger partial charge in [-0.3, -0.25) is 5.43 Å². The van der Waals surface area contributed by atoms with E-state index in [9.17, 15) is 13.6 Å². The van der Waals surface area contributed by atoms with Crippen LogP contribution in [0.3, 0.4) is 0 Å². The molecule has 0 aliphatic carbocycles. The van der Waals surface area contributed by atoms with Crippen molar-refractivity contribution in [3.63, 3.8) is 0 Å². The summed E-state index contributed by atoms with van der Waals surface area (Å²) in [6.45, 7) is 0.383. The van der Waals surface area contributed by atoms with Crippen LogP contribution in [0.1, 0.15) is 5.56 Å². The molecule has 21 heavy (non-hydrogen) atoms. The topological polar surface area (TPSA) is 76.4 Å². The van der Waals surface area contributed by atoms with Crippen molar-refractivity contribution in [3.05, 3.63) is 59.7 Å². The molecular formula is C14H13F2N3O2. The highest BCUT2D eigenvalue weighted by Crippen LogP contribution is 2.23. The van der Waals surface area contributed by atoms with Crippen LogP contribution in [0.5, 0.6) is 11.5 Å². The lowest BCUT2D eigenvalue weighted by atomic mass is 10.2. The minimum atomic E-state index is -0.967. The first-order valence-electron chi connectivity index (χ1n) is 6.05. The van der Waals surface area contributed by atoms with Gasteiger partial charge in [-0.15, -0.1) is 0 Å². The number of nitrogens with two attached hydrogens (primary N) is 1. The van der Waals surface area contributed by atoms with Crippen LogP contribution in [-0.4, -0.2) is 6.03 Å². The first-order valence-corrected chi connectivity index (χ1v) is 6.05. The summed E-state index contributed by atoms with van der Waals surface area (Å²) in [5.74, 6) is -1.21. The van der Waals surface area contributed by atoms with Crippen LogP contribution in [0.15, 0.2) is 42.5 Å². The van der Waals surface area contributed by atoms with Crippen molar-refractivity contribution >= 4 is 6.03 Å². The summed E-state index contributed by atoms with van der Waals surface area (Å²) in [5.41, 5.74) is 10.6. The summed E-state index contributed by atoms with van der Waals surface area (Å²) >= 11 is 0. The number of rotatable bonds is 5. The van der Waals surface area contributed by atoms with Crippen molar-refractivity contribution in [2.45, 2.75) is 6.54 Å². The molecule has 0 aliphatic rings. The molecule has 0 saturated heterocycles. The van der Waals surface area contributed by atoms with Gasteiger partial charge in [0, 0.05) is 12.6 Å². The van der Waals surface area contributed by atoms with E-state index in [1.165, 1.54) is 6.07 Å². The summed E-state index contributed by atoms with van der Waals surface area (Å²) < 4.78 is 31.2. The third kappa shape index (κ3) is 4.43. The summed E-state index contributed by atoms with van der Waals surface area (Å²) in [7, 11) is 0. The number of carbonyl (C=O) groups is 1. The number of hydrazine groups is 1. The Labute approximate surface area is 119 Å². The summed E-state index contributed by atoms with van der Waals surface area (Å²) in [4.78, 5) is 10.5. The minimum absolute atomic E-state index is 0.204. The van der Waals surface area contributed by atoms with E-state index >= 15 is 0 Å². The number of hydrogen-bond donors (Lipinski definition) is 3. The number of nitrogens with one attached hydrogen (secondary N) is 2. The molecule has 0 bridgehead atoms. The number of amides is 2. The van der Waals surface area contributed by atoms with E-state index in [2.05, 4.69) is 10.9 Å². The zero-order chi connectivity index (χ0) is 15.2. The largest absolute Gasteiger partial charge is 0.457 e. The number of urea groups is 1. The lowest BCUT2D eigenvalue weighted by molar-refractivity contribution is 0.244. The van der Waals surface area contributed by atoms with Gasteiger partial charge in [0.05, 0.1) is 0 Å². The molecule has 5 nitrogen and oxygen atoms in total. The fourth-order valence-corrected chi connectivity index (χ4v) is 1.59. The first-order chi connectivity index (χ1) is 10.0. The van der Waals surface area contributed by atoms with E-state index in [1.54, 1.807) is 24.3 Å². The zero-order valence-corrected chi connectivity index (χ0v) is 10.9. The van der Waals surface area contributed by atoms with Gasteiger partial charge in [0.1, 0.15) is 11.5 Å². The molecule has 2 aromatic carbocycles. The third-order valence-corrected chi connectivity index (χ3v) is 2.55. The molecule has 0 fully saturated rings. The van der Waals surface area contributed by atoms with Gasteiger partial charge < -0.3 is 10.5 Å². The molecular weight excluding hydrogens is 280 g/mol. The van der Waals surface area contributed by atoms with Crippen molar-refractivity contribution in [2.75, 3.05) is 0 Å². The highest BCUT2D eigenvalue weighted by Gasteiger charge is 2.04. The average molecular weight is 293 g/mol. The van der Waals surface area contributed by atoms with Gasteiger partial charge in [0.25, 0.3) is 0 Å². The van der Waals surface area contributed by atoms with E-state index in [4.69, 9.17) is 10.5 Å². The molecule has 0 saturated carbocycles. The number of ether oxygens (including phenoxy) is 1. The van der Waals surface area contributed by atoms with E-state index < -0.39 is 17.7 Å². The Kier molecular flexibility index (Phi) is 4.68. The lowest BCUT2D eigenvalue weighted by Gasteiger charge is -2.08. The van der Waals surface area contributed by atoms with Crippen molar-refractivity contribution in [2.24, 2.45) is 5.73 Å². The standard InChI is InChI=1S/C14H13F2N3O2/c15-12-6-5-11(7-13(12)16)21-10-3-1-9(2-4-10)8-18-19-14(17)20/h1-7,18H,8H2,(H3,17,19,20). The maximum atomic E-state index is 13.0. The van der Waals surface area contributed by atoms with Crippen LogP contribution in [0.4, 0.5) is 13.6 Å². The Morgan fingerprint density at radius 1 is 1.05 bits per heavy atom. The quantitative estimate of drug-likeness (QED) is 0.741. The molecule has 2 amide bonds. The number of hydrogen-bond acceptors (Lipinski definition) is 3. The van der Waals surface area contributed by atoms with Gasteiger partial charge >= 0.3 is 6.03 Å². The van der Waals surface area contributed by atoms with E-state index in [0.29, 0.717) is 12.3 Å². The van der Waals surface area contributed by atoms with Gasteiger partial charge in [0.15, 0.2) is 11.6 Å². The second-order valence-electron chi connectivity index (χ2n) is 4.16. The predicted octanol–water partition coefficient (Wildman–Crippen LogP) is 2.43. The number of primary amides is 1. The van der Waals surface area contributed by atoms with Crippen LogP contribution in [0, 0.1) is 11.6 Å². The van der Waals surface area contributed by atoms with E-state index in [0.717, 1.165) is 17.7 Å². The Bertz CT molecular complexity index is 633. The van der Waals surface area contributed by atoms with Gasteiger partial charge in [-0.25, -0.2) is 19.0 Å². The molecule has 2 rings (SSSR count). The fraction of sp³-hybridized carbons (Fsp3) is 0.0714. The van der Waals surface area contributed by atoms with Gasteiger partial charge in [-0.1, -0.05) is 12.1 Å². The molecule has 7 heteroatoms. The molecule has 0 aliphatic heterocycles. The fourth-order valence-electron chi connectivity index (χ4n) is 1.59. The maximum absolute atomic E-state index is 13.0. The Hall–Kier alpha value is -2.67. The highest BCUT2D eigenvalue weighted by molar-refractivity contribution is 5.70. The van der Waals surface area contributed by atoms with Crippen LogP contribution in [-0.2, 0) is 6.54 Å². The molecule has 0 unspecified atom stereocenters. The number of halogens is 2. The average Bonchev–Trinajstić information content (AvgIpc) is 2.44. The maximum Gasteiger partial charge on any atom is 0.326 e. The normalized spacial score (nSPS) is 10.2. The molecule has 0 radical (unpaired) electrons. The van der Waals surface area contributed by atoms with Crippen LogP contribution in [0.2, 0.25) is 0 Å². The smallest absolute Gasteiger partial charge is 0.326 e. The van der Waals surface area contributed by atoms with Crippen molar-refractivity contribution in [1.82, 2.24) is 10.9 Å². The molecule has 110 valence electrons. The molecule has 2 aromatic rings. The third-order valence-electron chi connectivity index (χ3n) is 2.55. The predicted molar refractivity (Wildman–Crippen MR) is 72.4 cm³/mol. The Morgan fingerprint density at radius 2 is 1.71 bits per heavy atom. The summed E-state index contributed by atoms with van der Waals surface area (Å²) in [5, 5.41) is 0. The van der Waals surface area contributed by atoms with Crippen molar-refractivity contribution in [3.8, 4) is 11.5 Å². The highest BCUT2D eigenvalue weighted by atomic mass is 19.2. The van der Waals surface area contributed by atoms with E-state index in [-0.39, 0.29) is 5.75 Å². The second kappa shape index (κ2) is 6.67. The Morgan fingerprint density at radius 3 is 2.33 bits per heavy atom. The van der Waals surface area contributed by atoms with Gasteiger partial charge in [-0.05, 0) is 29.8 Å². The number of carbonyl (C=O) groups excluding carboxylic acids is 1. The van der Waals surface area contributed by atoms with E-state index in [1.807, 2.05) is 0 Å². The van der Waals surface area contributed by atoms with Crippen LogP contribution < -0.4 is 21.3 Å². The minimum Gasteiger partial charge on any atom is -0.457 e. The van der Waals surface area contributed by atoms with Crippen LogP contribution in [0.25, 0.3) is 0 Å². The van der Waals surface area contributed by atoms with Gasteiger partial charge in [-0.2, -0.15) is 0 Å². The summed E-state index contributed by atoms with van der Waals surface area (Å²) in [6.07, 6.45) is 0. The first kappa shape index (κ1) is 14.7. The zero-order valence-electron chi connectivity index (χ0n) is 10.9. The lowest BCUT2D eigenvalue weighted by Crippen LogP contribution is -2.40. The second-order valence-corrected chi connectivity index (χ2v) is 4.16. The Balaban J connectivity index is 1.95. The van der Waals surface area contributed by atoms with Gasteiger partial charge in [0.2, 0.25) is 0 Å². The monoisotopic (exact) mass is 293 g/mol. The molecule has 0 spiro atoms. The van der Waals surface area contributed by atoms with Crippen molar-refractivity contribution < 1.29 is 18.3 Å². The molecule has 0 aromatic heterocycles. The molecule has 0 heterocycles.